The number of urea groups is 1. The zero-order chi connectivity index (χ0) is 30.8. The zero-order valence-corrected chi connectivity index (χ0v) is 25.5. The van der Waals surface area contributed by atoms with E-state index >= 15 is 0 Å². The molecular formula is C30H48N4O8. The van der Waals surface area contributed by atoms with Crippen LogP contribution in [0.3, 0.4) is 0 Å². The minimum atomic E-state index is -0.979. The summed E-state index contributed by atoms with van der Waals surface area (Å²) in [6.45, 7) is 6.01. The van der Waals surface area contributed by atoms with Crippen LogP contribution in [0.5, 0.6) is 11.5 Å². The van der Waals surface area contributed by atoms with E-state index in [-0.39, 0.29) is 38.5 Å². The topological polar surface area (TPSA) is 143 Å². The molecule has 3 atom stereocenters. The number of carbonyl (C=O) groups excluding carboxylic acids is 2. The first kappa shape index (κ1) is 33.4. The van der Waals surface area contributed by atoms with Crippen LogP contribution in [0.15, 0.2) is 12.1 Å². The molecule has 0 spiro atoms. The van der Waals surface area contributed by atoms with Crippen LogP contribution in [0.4, 0.5) is 4.79 Å². The number of aliphatic carboxylic acids is 1. The Morgan fingerprint density at radius 3 is 2.33 bits per heavy atom. The maximum atomic E-state index is 13.6. The molecule has 2 aliphatic rings. The van der Waals surface area contributed by atoms with Gasteiger partial charge in [0, 0.05) is 70.9 Å². The number of rotatable bonds is 16. The van der Waals surface area contributed by atoms with Crippen molar-refractivity contribution in [3.63, 3.8) is 0 Å². The lowest BCUT2D eigenvalue weighted by molar-refractivity contribution is -0.144. The first-order chi connectivity index (χ1) is 20.2. The average Bonchev–Trinajstić information content (AvgIpc) is 3.59. The third kappa shape index (κ3) is 8.05. The van der Waals surface area contributed by atoms with E-state index in [4.69, 9.17) is 9.47 Å². The maximum Gasteiger partial charge on any atom is 0.319 e. The number of hydrogen-bond acceptors (Lipinski definition) is 8. The summed E-state index contributed by atoms with van der Waals surface area (Å²) in [6, 6.07) is 2.89. The Hall–Kier alpha value is -3.09. The summed E-state index contributed by atoms with van der Waals surface area (Å²) in [5, 5.41) is 29.9. The number of unbranched alkanes of at least 4 members (excludes halogenated alkanes) is 1. The summed E-state index contributed by atoms with van der Waals surface area (Å²) in [7, 11) is 3.38. The summed E-state index contributed by atoms with van der Waals surface area (Å²) in [5.41, 5.74) is 1.23. The average molecular weight is 593 g/mol. The Morgan fingerprint density at radius 2 is 1.71 bits per heavy atom. The smallest absolute Gasteiger partial charge is 0.319 e. The molecule has 0 saturated carbocycles. The van der Waals surface area contributed by atoms with E-state index < -0.39 is 23.8 Å². The SMILES string of the molecule is CCCCN(CCCO)C(=O)CN1C[C@H](c2cc(CO)c3c(c2)OCO3)[C@@H](C(=O)O)[C@@H]1CCN(CCC)C(=O)N(C)C. The Labute approximate surface area is 248 Å². The van der Waals surface area contributed by atoms with Crippen LogP contribution in [0, 0.1) is 5.92 Å². The quantitative estimate of drug-likeness (QED) is 0.263. The highest BCUT2D eigenvalue weighted by Gasteiger charge is 2.47. The van der Waals surface area contributed by atoms with Crippen LogP contribution in [0.1, 0.15) is 63.0 Å². The fraction of sp³-hybridized carbons (Fsp3) is 0.700. The minimum Gasteiger partial charge on any atom is -0.481 e. The highest BCUT2D eigenvalue weighted by Crippen LogP contribution is 2.44. The Bertz CT molecular complexity index is 1060. The van der Waals surface area contributed by atoms with E-state index in [1.165, 1.54) is 4.90 Å². The van der Waals surface area contributed by atoms with Gasteiger partial charge in [-0.05, 0) is 43.4 Å². The minimum absolute atomic E-state index is 0.0180. The molecule has 1 saturated heterocycles. The van der Waals surface area contributed by atoms with Crippen molar-refractivity contribution in [2.45, 2.75) is 64.5 Å². The van der Waals surface area contributed by atoms with Crippen molar-refractivity contribution in [1.29, 1.82) is 0 Å². The maximum absolute atomic E-state index is 13.6. The third-order valence-corrected chi connectivity index (χ3v) is 8.10. The highest BCUT2D eigenvalue weighted by molar-refractivity contribution is 5.79. The van der Waals surface area contributed by atoms with E-state index in [0.29, 0.717) is 68.2 Å². The standard InChI is InChI=1S/C30H48N4O8/c1-5-7-11-32(12-8-14-35)26(37)18-34-17-23(21-15-22(19-36)28-25(16-21)41-20-42-28)27(29(38)39)24(34)9-13-33(10-6-2)30(40)31(3)4/h15-16,23-24,27,35-36H,5-14,17-20H2,1-4H3,(H,38,39)/t23-,24+,27-/m1/s1. The van der Waals surface area contributed by atoms with Gasteiger partial charge in [-0.1, -0.05) is 20.3 Å². The van der Waals surface area contributed by atoms with Gasteiger partial charge in [0.05, 0.1) is 19.1 Å². The number of nitrogens with zero attached hydrogens (tertiary/aromatic N) is 4. The van der Waals surface area contributed by atoms with Crippen molar-refractivity contribution < 1.29 is 39.2 Å². The lowest BCUT2D eigenvalue weighted by atomic mass is 9.83. The fourth-order valence-corrected chi connectivity index (χ4v) is 6.02. The predicted octanol–water partition coefficient (Wildman–Crippen LogP) is 2.17. The molecule has 0 aromatic heterocycles. The second kappa shape index (κ2) is 15.9. The number of carboxylic acid groups (broad SMARTS) is 1. The van der Waals surface area contributed by atoms with Gasteiger partial charge in [-0.15, -0.1) is 0 Å². The van der Waals surface area contributed by atoms with Crippen LogP contribution in [0.2, 0.25) is 0 Å². The number of fused-ring (bicyclic) bond motifs is 1. The molecule has 1 aromatic carbocycles. The van der Waals surface area contributed by atoms with Crippen LogP contribution in [0.25, 0.3) is 0 Å². The molecule has 2 aliphatic heterocycles. The lowest BCUT2D eigenvalue weighted by Gasteiger charge is -2.32. The Morgan fingerprint density at radius 1 is 0.976 bits per heavy atom. The second-order valence-electron chi connectivity index (χ2n) is 11.3. The largest absolute Gasteiger partial charge is 0.481 e. The monoisotopic (exact) mass is 592 g/mol. The van der Waals surface area contributed by atoms with Crippen molar-refractivity contribution in [2.24, 2.45) is 5.92 Å². The highest BCUT2D eigenvalue weighted by atomic mass is 16.7. The van der Waals surface area contributed by atoms with E-state index in [2.05, 4.69) is 6.92 Å². The number of likely N-dealkylation sites (tertiary alicyclic amines) is 1. The number of aliphatic hydroxyl groups excluding tert-OH is 2. The number of carboxylic acids is 1. The van der Waals surface area contributed by atoms with Gasteiger partial charge in [-0.3, -0.25) is 14.5 Å². The van der Waals surface area contributed by atoms with Crippen molar-refractivity contribution in [1.82, 2.24) is 19.6 Å². The molecule has 12 heteroatoms. The molecule has 0 aliphatic carbocycles. The van der Waals surface area contributed by atoms with Crippen LogP contribution in [-0.4, -0.2) is 126 Å². The first-order valence-corrected chi connectivity index (χ1v) is 15.0. The van der Waals surface area contributed by atoms with Gasteiger partial charge in [-0.25, -0.2) is 4.79 Å². The summed E-state index contributed by atoms with van der Waals surface area (Å²) in [4.78, 5) is 46.3. The molecule has 3 N–H and O–H groups in total. The molecule has 0 radical (unpaired) electrons. The molecule has 0 unspecified atom stereocenters. The number of ether oxygens (including phenoxy) is 2. The molecule has 3 rings (SSSR count). The molecule has 3 amide bonds. The van der Waals surface area contributed by atoms with E-state index in [1.54, 1.807) is 36.0 Å². The van der Waals surface area contributed by atoms with E-state index in [1.807, 2.05) is 11.8 Å². The van der Waals surface area contributed by atoms with E-state index in [9.17, 15) is 29.7 Å². The number of benzene rings is 1. The fourth-order valence-electron chi connectivity index (χ4n) is 6.02. The number of aliphatic hydroxyl groups is 2. The van der Waals surface area contributed by atoms with Crippen molar-refractivity contribution in [2.75, 3.05) is 66.8 Å². The number of carbonyl (C=O) groups is 3. The molecule has 12 nitrogen and oxygen atoms in total. The van der Waals surface area contributed by atoms with Gasteiger partial charge in [0.15, 0.2) is 11.5 Å². The molecule has 42 heavy (non-hydrogen) atoms. The Balaban J connectivity index is 1.96. The summed E-state index contributed by atoms with van der Waals surface area (Å²) >= 11 is 0. The van der Waals surface area contributed by atoms with Gasteiger partial charge < -0.3 is 39.5 Å². The number of hydrogen-bond donors (Lipinski definition) is 3. The third-order valence-electron chi connectivity index (χ3n) is 8.10. The summed E-state index contributed by atoms with van der Waals surface area (Å²) in [5.74, 6) is -1.50. The van der Waals surface area contributed by atoms with Crippen molar-refractivity contribution >= 4 is 17.9 Å². The summed E-state index contributed by atoms with van der Waals surface area (Å²) < 4.78 is 11.1. The van der Waals surface area contributed by atoms with E-state index in [0.717, 1.165) is 19.3 Å². The molecule has 2 heterocycles. The first-order valence-electron chi connectivity index (χ1n) is 15.0. The van der Waals surface area contributed by atoms with Gasteiger partial charge in [0.25, 0.3) is 0 Å². The second-order valence-corrected chi connectivity index (χ2v) is 11.3. The normalized spacial score (nSPS) is 19.6. The Kier molecular flexibility index (Phi) is 12.7. The number of amides is 3. The molecule has 1 fully saturated rings. The molecular weight excluding hydrogens is 544 g/mol. The van der Waals surface area contributed by atoms with Gasteiger partial charge in [0.2, 0.25) is 12.7 Å². The lowest BCUT2D eigenvalue weighted by Crippen LogP contribution is -2.47. The molecule has 236 valence electrons. The summed E-state index contributed by atoms with van der Waals surface area (Å²) in [6.07, 6.45) is 3.36. The van der Waals surface area contributed by atoms with Crippen LogP contribution in [-0.2, 0) is 16.2 Å². The van der Waals surface area contributed by atoms with Gasteiger partial charge >= 0.3 is 12.0 Å². The van der Waals surface area contributed by atoms with Gasteiger partial charge in [0.1, 0.15) is 0 Å². The van der Waals surface area contributed by atoms with Crippen LogP contribution >= 0.6 is 0 Å². The zero-order valence-electron chi connectivity index (χ0n) is 25.5. The van der Waals surface area contributed by atoms with Crippen molar-refractivity contribution in [3.8, 4) is 11.5 Å². The van der Waals surface area contributed by atoms with Crippen molar-refractivity contribution in [3.05, 3.63) is 23.3 Å². The molecule has 0 bridgehead atoms. The van der Waals surface area contributed by atoms with Crippen LogP contribution < -0.4 is 9.47 Å². The predicted molar refractivity (Wildman–Crippen MR) is 156 cm³/mol. The molecule has 1 aromatic rings. The van der Waals surface area contributed by atoms with Gasteiger partial charge in [-0.2, -0.15) is 0 Å².